The Bertz CT molecular complexity index is 1210. The van der Waals surface area contributed by atoms with Crippen LogP contribution < -0.4 is 10.6 Å². The number of likely N-dealkylation sites (tertiary alicyclic amines) is 1. The first-order valence-corrected chi connectivity index (χ1v) is 16.0. The van der Waals surface area contributed by atoms with Gasteiger partial charge in [0.2, 0.25) is 5.95 Å². The van der Waals surface area contributed by atoms with Crippen molar-refractivity contribution in [3.8, 4) is 0 Å². The van der Waals surface area contributed by atoms with Gasteiger partial charge in [-0.3, -0.25) is 4.68 Å². The van der Waals surface area contributed by atoms with E-state index in [4.69, 9.17) is 4.74 Å². The van der Waals surface area contributed by atoms with E-state index >= 15 is 4.39 Å². The molecule has 36 heavy (non-hydrogen) atoms. The normalized spacial score (nSPS) is 16.5. The van der Waals surface area contributed by atoms with Crippen molar-refractivity contribution in [2.24, 2.45) is 0 Å². The van der Waals surface area contributed by atoms with Gasteiger partial charge in [0.25, 0.3) is 0 Å². The highest BCUT2D eigenvalue weighted by Crippen LogP contribution is 2.29. The van der Waals surface area contributed by atoms with E-state index in [1.807, 2.05) is 13.1 Å². The number of aromatic nitrogens is 5. The summed E-state index contributed by atoms with van der Waals surface area (Å²) in [6.45, 7) is 11.1. The van der Waals surface area contributed by atoms with Gasteiger partial charge in [0.1, 0.15) is 12.5 Å². The van der Waals surface area contributed by atoms with Gasteiger partial charge in [0.05, 0.1) is 17.3 Å². The Balaban J connectivity index is 1.64. The Morgan fingerprint density at radius 3 is 2.81 bits per heavy atom. The predicted octanol–water partition coefficient (Wildman–Crippen LogP) is 4.40. The van der Waals surface area contributed by atoms with Gasteiger partial charge in [-0.25, -0.2) is 9.18 Å². The Morgan fingerprint density at radius 2 is 2.11 bits per heavy atom. The number of nitrogens with zero attached hydrogens (tertiary/aromatic N) is 6. The van der Waals surface area contributed by atoms with Crippen molar-refractivity contribution in [3.05, 3.63) is 24.4 Å². The number of hydrogen-bond donors (Lipinski definition) is 3. The van der Waals surface area contributed by atoms with Crippen molar-refractivity contribution in [1.29, 1.82) is 0 Å². The molecule has 3 N–H and O–H groups in total. The van der Waals surface area contributed by atoms with E-state index in [2.05, 4.69) is 45.3 Å². The largest absolute Gasteiger partial charge is 0.465 e. The first-order valence-electron chi connectivity index (χ1n) is 12.3. The highest BCUT2D eigenvalue weighted by Gasteiger charge is 2.26. The highest BCUT2D eigenvalue weighted by atomic mass is 28.3. The third-order valence-corrected chi connectivity index (χ3v) is 7.85. The van der Waals surface area contributed by atoms with Gasteiger partial charge < -0.3 is 29.9 Å². The van der Waals surface area contributed by atoms with E-state index in [1.54, 1.807) is 15.4 Å². The van der Waals surface area contributed by atoms with Gasteiger partial charge in [-0.15, -0.1) is 0 Å². The Hall–Kier alpha value is -3.19. The molecule has 3 aromatic heterocycles. The molecule has 0 saturated carbocycles. The maximum absolute atomic E-state index is 15.2. The summed E-state index contributed by atoms with van der Waals surface area (Å²) in [5, 5.41) is 20.4. The van der Waals surface area contributed by atoms with Crippen molar-refractivity contribution in [2.75, 3.05) is 30.3 Å². The average Bonchev–Trinajstić information content (AvgIpc) is 3.40. The number of anilines is 3. The van der Waals surface area contributed by atoms with Crippen molar-refractivity contribution >= 4 is 42.7 Å². The summed E-state index contributed by atoms with van der Waals surface area (Å²) in [5.41, 5.74) is 1.11. The van der Waals surface area contributed by atoms with Gasteiger partial charge >= 0.3 is 6.09 Å². The molecule has 0 radical (unpaired) electrons. The monoisotopic (exact) mass is 518 g/mol. The molecule has 13 heteroatoms. The minimum absolute atomic E-state index is 0.171. The number of amides is 1. The topological polar surface area (TPSA) is 122 Å². The first kappa shape index (κ1) is 25.9. The molecule has 1 atom stereocenters. The zero-order valence-electron chi connectivity index (χ0n) is 21.3. The second-order valence-electron chi connectivity index (χ2n) is 10.3. The van der Waals surface area contributed by atoms with Crippen LogP contribution in [0.1, 0.15) is 19.8 Å². The molecule has 1 saturated heterocycles. The predicted molar refractivity (Wildman–Crippen MR) is 139 cm³/mol. The Labute approximate surface area is 210 Å². The fourth-order valence-corrected chi connectivity index (χ4v) is 4.89. The average molecular weight is 519 g/mol. The molecule has 4 rings (SSSR count). The zero-order valence-corrected chi connectivity index (χ0v) is 22.3. The fourth-order valence-electron chi connectivity index (χ4n) is 4.13. The number of nitrogens with one attached hydrogen (secondary N) is 2. The van der Waals surface area contributed by atoms with Crippen LogP contribution in [0.15, 0.2) is 18.6 Å². The fraction of sp³-hybridized carbons (Fsp3) is 0.565. The van der Waals surface area contributed by atoms with E-state index in [0.29, 0.717) is 43.3 Å². The molecule has 1 amide bonds. The lowest BCUT2D eigenvalue weighted by molar-refractivity contribution is 0.0895. The first-order chi connectivity index (χ1) is 17.1. The smallest absolute Gasteiger partial charge is 0.407 e. The number of carboxylic acid groups (broad SMARTS) is 1. The van der Waals surface area contributed by atoms with Gasteiger partial charge in [0, 0.05) is 52.8 Å². The molecule has 11 nitrogen and oxygen atoms in total. The van der Waals surface area contributed by atoms with Gasteiger partial charge in [-0.2, -0.15) is 15.1 Å². The summed E-state index contributed by atoms with van der Waals surface area (Å²) in [6.07, 6.45) is 5.40. The maximum Gasteiger partial charge on any atom is 0.407 e. The third kappa shape index (κ3) is 6.32. The number of carbonyl (C=O) groups is 1. The van der Waals surface area contributed by atoms with Crippen LogP contribution in [0.3, 0.4) is 0 Å². The summed E-state index contributed by atoms with van der Waals surface area (Å²) in [5.74, 6) is 0.145. The number of rotatable bonds is 10. The standard InChI is InChI=1S/C23H35FN8O3Si/c1-5-32-13-17(11-25-32)27-22-28-20(26-16-7-6-8-30(12-16)23(33)34)19-18(24)14-31(21(19)29-22)15-35-9-10-36(2,3)4/h11,13-14,16H,5-10,12,15H2,1-4H3,(H,33,34)(H2,26,27,28,29)/t16-/m1/s1. The molecular weight excluding hydrogens is 483 g/mol. The lowest BCUT2D eigenvalue weighted by Gasteiger charge is -2.31. The minimum Gasteiger partial charge on any atom is -0.465 e. The lowest BCUT2D eigenvalue weighted by atomic mass is 10.1. The van der Waals surface area contributed by atoms with E-state index in [1.165, 1.54) is 11.1 Å². The maximum atomic E-state index is 15.2. The molecule has 0 aromatic carbocycles. The Kier molecular flexibility index (Phi) is 7.78. The molecular formula is C23H35FN8O3Si. The van der Waals surface area contributed by atoms with Crippen LogP contribution in [-0.2, 0) is 18.0 Å². The molecule has 0 bridgehead atoms. The quantitative estimate of drug-likeness (QED) is 0.267. The second-order valence-corrected chi connectivity index (χ2v) is 15.9. The summed E-state index contributed by atoms with van der Waals surface area (Å²) in [6, 6.07) is 0.811. The minimum atomic E-state index is -1.25. The molecule has 0 unspecified atom stereocenters. The van der Waals surface area contributed by atoms with Crippen molar-refractivity contribution in [1.82, 2.24) is 29.2 Å². The van der Waals surface area contributed by atoms with Crippen LogP contribution in [0.25, 0.3) is 11.0 Å². The molecule has 1 fully saturated rings. The van der Waals surface area contributed by atoms with Crippen LogP contribution in [-0.4, -0.2) is 74.2 Å². The van der Waals surface area contributed by atoms with Gasteiger partial charge in [0.15, 0.2) is 11.5 Å². The summed E-state index contributed by atoms with van der Waals surface area (Å²) >= 11 is 0. The number of piperidine rings is 1. The molecule has 0 spiro atoms. The number of hydrogen-bond acceptors (Lipinski definition) is 7. The SMILES string of the molecule is CCn1cc(Nc2nc(N[C@@H]3CCCN(C(=O)O)C3)c3c(F)cn(COCC[Si](C)(C)C)c3n2)cn1. The van der Waals surface area contributed by atoms with Crippen LogP contribution in [0.5, 0.6) is 0 Å². The third-order valence-electron chi connectivity index (χ3n) is 6.14. The van der Waals surface area contributed by atoms with E-state index in [0.717, 1.165) is 19.0 Å². The summed E-state index contributed by atoms with van der Waals surface area (Å²) in [4.78, 5) is 22.0. The Morgan fingerprint density at radius 1 is 1.31 bits per heavy atom. The summed E-state index contributed by atoms with van der Waals surface area (Å²) in [7, 11) is -1.25. The number of halogens is 1. The van der Waals surface area contributed by atoms with Gasteiger partial charge in [-0.05, 0) is 25.8 Å². The molecule has 196 valence electrons. The van der Waals surface area contributed by atoms with E-state index < -0.39 is 20.0 Å². The number of fused-ring (bicyclic) bond motifs is 1. The van der Waals surface area contributed by atoms with E-state index in [9.17, 15) is 9.90 Å². The van der Waals surface area contributed by atoms with Crippen molar-refractivity contribution in [2.45, 2.75) is 64.8 Å². The van der Waals surface area contributed by atoms with Crippen LogP contribution in [0.4, 0.5) is 26.6 Å². The number of aryl methyl sites for hydroxylation is 1. The molecule has 3 aromatic rings. The molecule has 1 aliphatic heterocycles. The molecule has 4 heterocycles. The van der Waals surface area contributed by atoms with Crippen molar-refractivity contribution in [3.63, 3.8) is 0 Å². The van der Waals surface area contributed by atoms with Crippen molar-refractivity contribution < 1.29 is 19.0 Å². The van der Waals surface area contributed by atoms with Crippen LogP contribution in [0.2, 0.25) is 25.7 Å². The lowest BCUT2D eigenvalue weighted by Crippen LogP contribution is -2.44. The highest BCUT2D eigenvalue weighted by molar-refractivity contribution is 6.76. The van der Waals surface area contributed by atoms with Crippen LogP contribution in [0, 0.1) is 5.82 Å². The number of ether oxygens (including phenoxy) is 1. The van der Waals surface area contributed by atoms with Gasteiger partial charge in [-0.1, -0.05) is 19.6 Å². The zero-order chi connectivity index (χ0) is 25.9. The summed E-state index contributed by atoms with van der Waals surface area (Å²) < 4.78 is 24.5. The second kappa shape index (κ2) is 10.8. The molecule has 0 aliphatic carbocycles. The van der Waals surface area contributed by atoms with E-state index in [-0.39, 0.29) is 24.1 Å². The van der Waals surface area contributed by atoms with Crippen LogP contribution >= 0.6 is 0 Å². The molecule has 1 aliphatic rings.